The van der Waals surface area contributed by atoms with Gasteiger partial charge in [0, 0.05) is 10.6 Å². The summed E-state index contributed by atoms with van der Waals surface area (Å²) in [6.45, 7) is 11.5. The molecule has 3 aromatic carbocycles. The Morgan fingerprint density at radius 3 is 2.48 bits per heavy atom. The maximum Gasteiger partial charge on any atom is 0.134 e. The summed E-state index contributed by atoms with van der Waals surface area (Å²) < 4.78 is 15.2. The molecule has 0 saturated heterocycles. The van der Waals surface area contributed by atoms with E-state index in [1.807, 2.05) is 41.2 Å². The minimum Gasteiger partial charge on any atom is -0.488 e. The maximum absolute atomic E-state index is 6.73. The molecule has 0 unspecified atom stereocenters. The van der Waals surface area contributed by atoms with Crippen molar-refractivity contribution in [3.63, 3.8) is 0 Å². The second-order valence-corrected chi connectivity index (χ2v) is 12.7. The van der Waals surface area contributed by atoms with Crippen molar-refractivity contribution in [2.45, 2.75) is 84.3 Å². The van der Waals surface area contributed by atoms with Crippen LogP contribution in [0.1, 0.15) is 83.4 Å². The molecule has 1 aliphatic rings. The van der Waals surface area contributed by atoms with E-state index in [-0.39, 0.29) is 5.41 Å². The predicted molar refractivity (Wildman–Crippen MR) is 165 cm³/mol. The van der Waals surface area contributed by atoms with E-state index in [9.17, 15) is 0 Å². The highest BCUT2D eigenvalue weighted by Crippen LogP contribution is 2.52. The van der Waals surface area contributed by atoms with Crippen LogP contribution in [0.4, 0.5) is 0 Å². The van der Waals surface area contributed by atoms with E-state index in [1.54, 1.807) is 6.07 Å². The fourth-order valence-electron chi connectivity index (χ4n) is 5.48. The van der Waals surface area contributed by atoms with Crippen LogP contribution in [0.15, 0.2) is 66.9 Å². The molecule has 0 N–H and O–H groups in total. The fraction of sp³-hybridized carbons (Fsp3) is 0.382. The molecule has 1 aromatic heterocycles. The first-order chi connectivity index (χ1) is 19.1. The Morgan fingerprint density at radius 1 is 0.975 bits per heavy atom. The van der Waals surface area contributed by atoms with E-state index in [0.717, 1.165) is 46.0 Å². The molecular formula is C34H38Cl2N2O2. The Labute approximate surface area is 248 Å². The zero-order valence-electron chi connectivity index (χ0n) is 24.1. The van der Waals surface area contributed by atoms with Crippen LogP contribution in [0.3, 0.4) is 0 Å². The van der Waals surface area contributed by atoms with E-state index in [4.69, 9.17) is 37.8 Å². The topological polar surface area (TPSA) is 36.3 Å². The summed E-state index contributed by atoms with van der Waals surface area (Å²) in [6, 6.07) is 20.1. The van der Waals surface area contributed by atoms with Crippen molar-refractivity contribution in [1.82, 2.24) is 9.78 Å². The summed E-state index contributed by atoms with van der Waals surface area (Å²) in [5.74, 6) is 1.58. The van der Waals surface area contributed by atoms with Crippen LogP contribution >= 0.6 is 23.2 Å². The summed E-state index contributed by atoms with van der Waals surface area (Å²) in [6.07, 6.45) is 7.90. The average molecular weight is 578 g/mol. The Balaban J connectivity index is 1.66. The van der Waals surface area contributed by atoms with Crippen molar-refractivity contribution in [1.29, 1.82) is 0 Å². The molecule has 5 rings (SSSR count). The third-order valence-corrected chi connectivity index (χ3v) is 8.44. The van der Waals surface area contributed by atoms with Gasteiger partial charge in [0.2, 0.25) is 0 Å². The van der Waals surface area contributed by atoms with Gasteiger partial charge in [-0.05, 0) is 67.1 Å². The van der Waals surface area contributed by atoms with Gasteiger partial charge in [-0.3, -0.25) is 0 Å². The van der Waals surface area contributed by atoms with Crippen molar-refractivity contribution in [2.24, 2.45) is 0 Å². The van der Waals surface area contributed by atoms with Gasteiger partial charge < -0.3 is 9.47 Å². The number of ether oxygens (including phenoxy) is 2. The van der Waals surface area contributed by atoms with Gasteiger partial charge in [0.05, 0.1) is 28.2 Å². The molecule has 2 heterocycles. The molecule has 210 valence electrons. The van der Waals surface area contributed by atoms with Crippen LogP contribution in [-0.4, -0.2) is 9.78 Å². The van der Waals surface area contributed by atoms with Crippen LogP contribution in [0.5, 0.6) is 11.5 Å². The lowest BCUT2D eigenvalue weighted by molar-refractivity contribution is 0.104. The van der Waals surface area contributed by atoms with E-state index in [0.29, 0.717) is 16.7 Å². The molecule has 0 aliphatic carbocycles. The molecule has 1 aliphatic heterocycles. The van der Waals surface area contributed by atoms with Crippen LogP contribution in [-0.2, 0) is 17.6 Å². The second-order valence-electron chi connectivity index (χ2n) is 11.8. The number of fused-ring (bicyclic) bond motifs is 3. The third kappa shape index (κ3) is 5.75. The molecule has 40 heavy (non-hydrogen) atoms. The molecule has 0 amide bonds. The molecule has 0 spiro atoms. The molecular weight excluding hydrogens is 539 g/mol. The number of hydrogen-bond donors (Lipinski definition) is 0. The van der Waals surface area contributed by atoms with Crippen molar-refractivity contribution < 1.29 is 9.47 Å². The van der Waals surface area contributed by atoms with Gasteiger partial charge in [0.15, 0.2) is 0 Å². The first kappa shape index (κ1) is 28.6. The molecule has 0 saturated carbocycles. The Kier molecular flexibility index (Phi) is 8.22. The minimum absolute atomic E-state index is 0.0405. The first-order valence-electron chi connectivity index (χ1n) is 14.2. The van der Waals surface area contributed by atoms with E-state index in [2.05, 4.69) is 58.9 Å². The SMILES string of the molecule is CCCCCCC(C)(C)c1cc(OCc2ccccc2)c2c(c1)OC(C)(C)c1cnn(-c3ccc(Cl)cc3Cl)c1-2. The van der Waals surface area contributed by atoms with Crippen molar-refractivity contribution in [3.05, 3.63) is 93.6 Å². The largest absolute Gasteiger partial charge is 0.488 e. The van der Waals surface area contributed by atoms with Crippen molar-refractivity contribution in [2.75, 3.05) is 0 Å². The standard InChI is InChI=1S/C34H38Cl2N2O2/c1-6-7-8-12-17-33(2,3)24-18-29(39-22-23-13-10-9-11-14-23)31-30(19-24)40-34(4,5)26-21-37-38(32(26)31)28-16-15-25(35)20-27(28)36/h9-11,13-16,18-21H,6-8,12,17,22H2,1-5H3. The molecule has 0 bridgehead atoms. The summed E-state index contributed by atoms with van der Waals surface area (Å²) in [7, 11) is 0. The van der Waals surface area contributed by atoms with Crippen LogP contribution in [0.2, 0.25) is 10.0 Å². The molecule has 0 atom stereocenters. The summed E-state index contributed by atoms with van der Waals surface area (Å²) in [4.78, 5) is 0. The summed E-state index contributed by atoms with van der Waals surface area (Å²) in [5, 5.41) is 5.90. The number of rotatable bonds is 10. The third-order valence-electron chi connectivity index (χ3n) is 7.90. The predicted octanol–water partition coefficient (Wildman–Crippen LogP) is 10.3. The monoisotopic (exact) mass is 576 g/mol. The average Bonchev–Trinajstić information content (AvgIpc) is 3.36. The Bertz CT molecular complexity index is 1490. The van der Waals surface area contributed by atoms with Crippen LogP contribution < -0.4 is 9.47 Å². The van der Waals surface area contributed by atoms with Gasteiger partial charge in [-0.15, -0.1) is 0 Å². The van der Waals surface area contributed by atoms with Gasteiger partial charge in [-0.2, -0.15) is 5.10 Å². The molecule has 4 aromatic rings. The number of unbranched alkanes of at least 4 members (excludes halogenated alkanes) is 3. The zero-order valence-corrected chi connectivity index (χ0v) is 25.6. The lowest BCUT2D eigenvalue weighted by Gasteiger charge is -2.35. The lowest BCUT2D eigenvalue weighted by atomic mass is 9.78. The van der Waals surface area contributed by atoms with Gasteiger partial charge in [-0.1, -0.05) is 100.0 Å². The summed E-state index contributed by atoms with van der Waals surface area (Å²) in [5.41, 5.74) is 5.21. The smallest absolute Gasteiger partial charge is 0.134 e. The van der Waals surface area contributed by atoms with Gasteiger partial charge in [-0.25, -0.2) is 4.68 Å². The first-order valence-corrected chi connectivity index (χ1v) is 14.9. The molecule has 6 heteroatoms. The Hall–Kier alpha value is -2.95. The van der Waals surface area contributed by atoms with E-state index in [1.165, 1.54) is 31.2 Å². The molecule has 0 fully saturated rings. The van der Waals surface area contributed by atoms with Crippen molar-refractivity contribution in [3.8, 4) is 28.4 Å². The number of halogens is 2. The van der Waals surface area contributed by atoms with Crippen molar-refractivity contribution >= 4 is 23.2 Å². The zero-order chi connectivity index (χ0) is 28.5. The molecule has 4 nitrogen and oxygen atoms in total. The highest BCUT2D eigenvalue weighted by molar-refractivity contribution is 6.35. The normalized spacial score (nSPS) is 13.9. The van der Waals surface area contributed by atoms with Gasteiger partial charge in [0.1, 0.15) is 23.7 Å². The van der Waals surface area contributed by atoms with Gasteiger partial charge >= 0.3 is 0 Å². The second kappa shape index (κ2) is 11.5. The van der Waals surface area contributed by atoms with Gasteiger partial charge in [0.25, 0.3) is 0 Å². The van der Waals surface area contributed by atoms with E-state index >= 15 is 0 Å². The number of hydrogen-bond acceptors (Lipinski definition) is 3. The molecule has 0 radical (unpaired) electrons. The van der Waals surface area contributed by atoms with Crippen LogP contribution in [0, 0.1) is 0 Å². The maximum atomic E-state index is 6.73. The Morgan fingerprint density at radius 2 is 1.75 bits per heavy atom. The number of aromatic nitrogens is 2. The number of nitrogens with zero attached hydrogens (tertiary/aromatic N) is 2. The number of benzene rings is 3. The highest BCUT2D eigenvalue weighted by atomic mass is 35.5. The summed E-state index contributed by atoms with van der Waals surface area (Å²) >= 11 is 12.9. The highest BCUT2D eigenvalue weighted by Gasteiger charge is 2.39. The minimum atomic E-state index is -0.597. The van der Waals surface area contributed by atoms with E-state index < -0.39 is 5.60 Å². The fourth-order valence-corrected chi connectivity index (χ4v) is 5.97. The lowest BCUT2D eigenvalue weighted by Crippen LogP contribution is -2.30. The quantitative estimate of drug-likeness (QED) is 0.176. The van der Waals surface area contributed by atoms with Crippen LogP contribution in [0.25, 0.3) is 16.9 Å².